The largest absolute Gasteiger partial charge is 0.388 e. The number of benzene rings is 2. The van der Waals surface area contributed by atoms with Gasteiger partial charge >= 0.3 is 0 Å². The summed E-state index contributed by atoms with van der Waals surface area (Å²) in [5.74, 6) is 5.83. The van der Waals surface area contributed by atoms with Gasteiger partial charge in [-0.15, -0.1) is 10.5 Å². The van der Waals surface area contributed by atoms with Crippen LogP contribution in [-0.4, -0.2) is 0 Å². The van der Waals surface area contributed by atoms with Gasteiger partial charge in [0.1, 0.15) is 11.5 Å². The summed E-state index contributed by atoms with van der Waals surface area (Å²) in [6.07, 6.45) is 8.71. The van der Waals surface area contributed by atoms with Crippen LogP contribution in [0.3, 0.4) is 0 Å². The van der Waals surface area contributed by atoms with E-state index in [4.69, 9.17) is 20.0 Å². The lowest BCUT2D eigenvalue weighted by Crippen LogP contribution is -2.23. The zero-order valence-electron chi connectivity index (χ0n) is 15.6. The molecule has 0 amide bonds. The first-order valence-electron chi connectivity index (χ1n) is 10.1. The average molecular weight is 370 g/mol. The zero-order chi connectivity index (χ0) is 19.1. The Balaban J connectivity index is 1.30. The zero-order valence-corrected chi connectivity index (χ0v) is 15.6. The van der Waals surface area contributed by atoms with Gasteiger partial charge < -0.3 is 9.47 Å². The van der Waals surface area contributed by atoms with Crippen LogP contribution in [0.4, 0.5) is 0 Å². The Hall–Kier alpha value is -2.98. The molecule has 2 bridgehead atoms. The lowest BCUT2D eigenvalue weighted by atomic mass is 9.73. The van der Waals surface area contributed by atoms with Gasteiger partial charge in [-0.05, 0) is 96.6 Å². The van der Waals surface area contributed by atoms with E-state index in [1.807, 2.05) is 24.3 Å². The Bertz CT molecular complexity index is 939. The molecule has 3 fully saturated rings. The van der Waals surface area contributed by atoms with Crippen molar-refractivity contribution in [2.75, 3.05) is 0 Å². The second kappa shape index (κ2) is 6.88. The maximum Gasteiger partial charge on any atom is 0.292 e. The van der Waals surface area contributed by atoms with Gasteiger partial charge in [0, 0.05) is 0 Å². The lowest BCUT2D eigenvalue weighted by Gasteiger charge is -2.31. The van der Waals surface area contributed by atoms with E-state index in [1.54, 1.807) is 12.5 Å². The quantitative estimate of drug-likeness (QED) is 0.681. The minimum atomic E-state index is 0.619. The predicted octanol–water partition coefficient (Wildman–Crippen LogP) is 5.34. The molecule has 4 heteroatoms. The number of rotatable bonds is 4. The second-order valence-electron chi connectivity index (χ2n) is 8.52. The molecular weight excluding hydrogens is 348 g/mol. The van der Waals surface area contributed by atoms with Crippen molar-refractivity contribution in [3.63, 3.8) is 0 Å². The molecule has 4 unspecified atom stereocenters. The van der Waals surface area contributed by atoms with E-state index in [0.717, 1.165) is 23.7 Å². The van der Waals surface area contributed by atoms with Crippen molar-refractivity contribution in [1.29, 1.82) is 10.5 Å². The van der Waals surface area contributed by atoms with Gasteiger partial charge in [-0.25, -0.2) is 0 Å². The highest BCUT2D eigenvalue weighted by atomic mass is 16.5. The fourth-order valence-electron chi connectivity index (χ4n) is 6.42. The Morgan fingerprint density at radius 2 is 1.21 bits per heavy atom. The molecule has 0 aliphatic heterocycles. The third-order valence-corrected chi connectivity index (χ3v) is 7.45. The fraction of sp³-hybridized carbons (Fsp3) is 0.417. The normalized spacial score (nSPS) is 32.4. The van der Waals surface area contributed by atoms with Crippen LogP contribution in [0.5, 0.6) is 11.5 Å². The molecule has 3 aliphatic carbocycles. The first kappa shape index (κ1) is 17.1. The van der Waals surface area contributed by atoms with Crippen molar-refractivity contribution in [2.45, 2.75) is 37.5 Å². The topological polar surface area (TPSA) is 66.0 Å². The van der Waals surface area contributed by atoms with Crippen LogP contribution in [0.25, 0.3) is 0 Å². The van der Waals surface area contributed by atoms with Crippen LogP contribution in [0, 0.1) is 46.7 Å². The Labute approximate surface area is 165 Å². The van der Waals surface area contributed by atoms with Gasteiger partial charge in [-0.1, -0.05) is 24.3 Å². The maximum atomic E-state index is 8.66. The van der Waals surface area contributed by atoms with E-state index >= 15 is 0 Å². The summed E-state index contributed by atoms with van der Waals surface area (Å²) in [5, 5.41) is 17.3. The minimum absolute atomic E-state index is 0.619. The minimum Gasteiger partial charge on any atom is -0.388 e. The molecule has 0 saturated heterocycles. The third-order valence-electron chi connectivity index (χ3n) is 7.45. The Kier molecular flexibility index (Phi) is 4.21. The number of nitriles is 2. The van der Waals surface area contributed by atoms with Crippen LogP contribution in [0.2, 0.25) is 0 Å². The maximum absolute atomic E-state index is 8.66. The van der Waals surface area contributed by atoms with Crippen LogP contribution in [0.15, 0.2) is 48.5 Å². The molecule has 28 heavy (non-hydrogen) atoms. The molecule has 2 aromatic rings. The van der Waals surface area contributed by atoms with Gasteiger partial charge in [0.25, 0.3) is 12.5 Å². The van der Waals surface area contributed by atoms with Crippen LogP contribution >= 0.6 is 0 Å². The summed E-state index contributed by atoms with van der Waals surface area (Å²) in [6, 6.07) is 16.2. The summed E-state index contributed by atoms with van der Waals surface area (Å²) in [4.78, 5) is 0. The molecule has 3 aliphatic rings. The fourth-order valence-corrected chi connectivity index (χ4v) is 6.42. The van der Waals surface area contributed by atoms with Crippen molar-refractivity contribution < 1.29 is 9.47 Å². The van der Waals surface area contributed by atoms with Gasteiger partial charge in [0.05, 0.1) is 0 Å². The van der Waals surface area contributed by atoms with E-state index < -0.39 is 0 Å². The van der Waals surface area contributed by atoms with Crippen LogP contribution < -0.4 is 9.47 Å². The molecule has 6 atom stereocenters. The van der Waals surface area contributed by atoms with E-state index in [1.165, 1.54) is 36.8 Å². The third kappa shape index (κ3) is 2.81. The molecule has 3 saturated carbocycles. The molecule has 4 nitrogen and oxygen atoms in total. The first-order chi connectivity index (χ1) is 13.8. The van der Waals surface area contributed by atoms with Crippen molar-refractivity contribution in [2.24, 2.45) is 23.7 Å². The number of hydrogen-bond donors (Lipinski definition) is 0. The van der Waals surface area contributed by atoms with Crippen LogP contribution in [-0.2, 0) is 0 Å². The molecular formula is C24H22N2O2. The number of hydrogen-bond acceptors (Lipinski definition) is 4. The van der Waals surface area contributed by atoms with Crippen molar-refractivity contribution in [3.8, 4) is 24.0 Å². The number of ether oxygens (including phenoxy) is 2. The summed E-state index contributed by atoms with van der Waals surface area (Å²) in [6.45, 7) is 0. The summed E-state index contributed by atoms with van der Waals surface area (Å²) in [7, 11) is 0. The molecule has 2 aromatic carbocycles. The highest BCUT2D eigenvalue weighted by molar-refractivity contribution is 5.34. The molecule has 0 heterocycles. The molecule has 0 aromatic heterocycles. The van der Waals surface area contributed by atoms with Gasteiger partial charge in [0.15, 0.2) is 0 Å². The highest BCUT2D eigenvalue weighted by Crippen LogP contribution is 2.65. The Morgan fingerprint density at radius 1 is 0.643 bits per heavy atom. The molecule has 5 rings (SSSR count). The molecule has 0 N–H and O–H groups in total. The first-order valence-corrected chi connectivity index (χ1v) is 10.1. The van der Waals surface area contributed by atoms with E-state index in [2.05, 4.69) is 24.3 Å². The van der Waals surface area contributed by atoms with Gasteiger partial charge in [0.2, 0.25) is 0 Å². The van der Waals surface area contributed by atoms with E-state index in [-0.39, 0.29) is 0 Å². The number of fused-ring (bicyclic) bond motifs is 5. The monoisotopic (exact) mass is 370 g/mol. The Morgan fingerprint density at radius 3 is 1.82 bits per heavy atom. The second-order valence-corrected chi connectivity index (χ2v) is 8.52. The van der Waals surface area contributed by atoms with Crippen molar-refractivity contribution in [1.82, 2.24) is 0 Å². The smallest absolute Gasteiger partial charge is 0.292 e. The standard InChI is InChI=1S/C24H22N2O2/c25-13-27-19-5-1-15(2-6-19)17-9-22-18-11-21(24(12-18)23(22)10-17)16-3-7-20(8-4-16)28-14-26/h1-8,17-18,21-24H,9-12H2/t17?,18-,21?,22?,23?,24-/m1/s1. The molecule has 0 radical (unpaired) electrons. The summed E-state index contributed by atoms with van der Waals surface area (Å²) >= 11 is 0. The average Bonchev–Trinajstić information content (AvgIpc) is 3.42. The van der Waals surface area contributed by atoms with Gasteiger partial charge in [-0.3, -0.25) is 0 Å². The van der Waals surface area contributed by atoms with Gasteiger partial charge in [-0.2, -0.15) is 0 Å². The summed E-state index contributed by atoms with van der Waals surface area (Å²) in [5.41, 5.74) is 2.78. The molecule has 0 spiro atoms. The highest BCUT2D eigenvalue weighted by Gasteiger charge is 2.56. The summed E-state index contributed by atoms with van der Waals surface area (Å²) < 4.78 is 9.83. The van der Waals surface area contributed by atoms with E-state index in [9.17, 15) is 0 Å². The van der Waals surface area contributed by atoms with Crippen molar-refractivity contribution in [3.05, 3.63) is 59.7 Å². The van der Waals surface area contributed by atoms with Crippen molar-refractivity contribution >= 4 is 0 Å². The van der Waals surface area contributed by atoms with Crippen LogP contribution in [0.1, 0.15) is 48.6 Å². The predicted molar refractivity (Wildman–Crippen MR) is 103 cm³/mol. The number of nitrogens with zero attached hydrogens (tertiary/aromatic N) is 2. The lowest BCUT2D eigenvalue weighted by molar-refractivity contribution is 0.232. The SMILES string of the molecule is N#COc1ccc(C2CC3C(C2)[C@@H]2C[C@H]3CC2c2ccc(OC#N)cc2)cc1. The molecule has 140 valence electrons. The van der Waals surface area contributed by atoms with E-state index in [0.29, 0.717) is 23.3 Å².